The first-order valence-corrected chi connectivity index (χ1v) is 12.3. The first kappa shape index (κ1) is 23.6. The van der Waals surface area contributed by atoms with Gasteiger partial charge in [-0.05, 0) is 65.0 Å². The van der Waals surface area contributed by atoms with Gasteiger partial charge in [-0.2, -0.15) is 0 Å². The highest BCUT2D eigenvalue weighted by atomic mass is 16.1. The first-order valence-electron chi connectivity index (χ1n) is 12.3. The van der Waals surface area contributed by atoms with E-state index in [4.69, 9.17) is 0 Å². The van der Waals surface area contributed by atoms with Gasteiger partial charge in [0.05, 0.1) is 12.1 Å². The zero-order valence-corrected chi connectivity index (χ0v) is 20.8. The third kappa shape index (κ3) is 4.83. The van der Waals surface area contributed by atoms with Gasteiger partial charge in [-0.15, -0.1) is 5.10 Å². The van der Waals surface area contributed by atoms with Crippen molar-refractivity contribution in [2.75, 3.05) is 6.54 Å². The Morgan fingerprint density at radius 3 is 2.33 bits per heavy atom. The fraction of sp³-hybridized carbons (Fsp3) is 0.241. The molecule has 0 radical (unpaired) electrons. The van der Waals surface area contributed by atoms with Crippen LogP contribution in [0, 0.1) is 13.8 Å². The molecule has 5 rings (SSSR count). The van der Waals surface area contributed by atoms with Crippen molar-refractivity contribution in [3.8, 4) is 0 Å². The van der Waals surface area contributed by atoms with Crippen LogP contribution in [-0.4, -0.2) is 36.6 Å². The summed E-state index contributed by atoms with van der Waals surface area (Å²) in [4.78, 5) is 19.0. The molecule has 36 heavy (non-hydrogen) atoms. The average Bonchev–Trinajstić information content (AvgIpc) is 3.33. The van der Waals surface area contributed by atoms with E-state index in [0.717, 1.165) is 33.2 Å². The Balaban J connectivity index is 1.66. The second-order valence-corrected chi connectivity index (χ2v) is 9.23. The van der Waals surface area contributed by atoms with Crippen molar-refractivity contribution in [3.63, 3.8) is 0 Å². The van der Waals surface area contributed by atoms with Gasteiger partial charge in [-0.3, -0.25) is 9.69 Å². The maximum Gasteiger partial charge on any atom is 0.253 e. The summed E-state index contributed by atoms with van der Waals surface area (Å²) in [5.41, 5.74) is 5.83. The lowest BCUT2D eigenvalue weighted by atomic mass is 10.00. The summed E-state index contributed by atoms with van der Waals surface area (Å²) in [5, 5.41) is 13.8. The molecule has 0 aliphatic carbocycles. The van der Waals surface area contributed by atoms with E-state index in [9.17, 15) is 4.79 Å². The molecule has 0 saturated carbocycles. The fourth-order valence-corrected chi connectivity index (χ4v) is 4.89. The Hall–Kier alpha value is -4.10. The maximum atomic E-state index is 13.6. The average molecular weight is 479 g/mol. The van der Waals surface area contributed by atoms with E-state index in [2.05, 4.69) is 75.7 Å². The van der Waals surface area contributed by atoms with Gasteiger partial charge in [0.15, 0.2) is 5.82 Å². The van der Waals surface area contributed by atoms with Crippen LogP contribution in [0.3, 0.4) is 0 Å². The lowest BCUT2D eigenvalue weighted by Gasteiger charge is -2.30. The van der Waals surface area contributed by atoms with Crippen molar-refractivity contribution in [2.24, 2.45) is 0 Å². The molecule has 0 amide bonds. The lowest BCUT2D eigenvalue weighted by molar-refractivity contribution is 0.214. The molecule has 7 nitrogen and oxygen atoms in total. The molecular weight excluding hydrogens is 448 g/mol. The molecule has 0 bridgehead atoms. The summed E-state index contributed by atoms with van der Waals surface area (Å²) >= 11 is 0. The molecule has 0 aliphatic heterocycles. The van der Waals surface area contributed by atoms with E-state index in [-0.39, 0.29) is 5.56 Å². The number of hydrogen-bond donors (Lipinski definition) is 1. The minimum absolute atomic E-state index is 0.125. The number of rotatable bonds is 8. The van der Waals surface area contributed by atoms with Crippen molar-refractivity contribution >= 4 is 10.9 Å². The Kier molecular flexibility index (Phi) is 6.73. The predicted molar refractivity (Wildman–Crippen MR) is 142 cm³/mol. The molecule has 7 heteroatoms. The molecule has 1 N–H and O–H groups in total. The van der Waals surface area contributed by atoms with Crippen LogP contribution in [0.4, 0.5) is 0 Å². The summed E-state index contributed by atoms with van der Waals surface area (Å²) in [6.07, 6.45) is 0. The van der Waals surface area contributed by atoms with Gasteiger partial charge in [-0.25, -0.2) is 4.68 Å². The second kappa shape index (κ2) is 10.3. The number of nitrogens with one attached hydrogen (secondary N) is 1. The lowest BCUT2D eigenvalue weighted by Crippen LogP contribution is -2.35. The number of aromatic amines is 1. The smallest absolute Gasteiger partial charge is 0.253 e. The van der Waals surface area contributed by atoms with E-state index in [1.54, 1.807) is 4.68 Å². The first-order chi connectivity index (χ1) is 17.5. The molecule has 0 spiro atoms. The normalized spacial score (nSPS) is 12.3. The second-order valence-electron chi connectivity index (χ2n) is 9.23. The topological polar surface area (TPSA) is 79.7 Å². The third-order valence-corrected chi connectivity index (χ3v) is 6.60. The van der Waals surface area contributed by atoms with Crippen LogP contribution in [0.1, 0.15) is 46.6 Å². The third-order valence-electron chi connectivity index (χ3n) is 6.60. The van der Waals surface area contributed by atoms with Gasteiger partial charge >= 0.3 is 0 Å². The van der Waals surface area contributed by atoms with Crippen LogP contribution < -0.4 is 5.56 Å². The van der Waals surface area contributed by atoms with E-state index in [0.29, 0.717) is 31.0 Å². The summed E-state index contributed by atoms with van der Waals surface area (Å²) in [7, 11) is 0. The molecule has 3 aromatic carbocycles. The van der Waals surface area contributed by atoms with Crippen molar-refractivity contribution in [2.45, 2.75) is 39.9 Å². The zero-order chi connectivity index (χ0) is 25.1. The Morgan fingerprint density at radius 1 is 0.944 bits per heavy atom. The number of tetrazole rings is 1. The Morgan fingerprint density at radius 2 is 1.64 bits per heavy atom. The highest BCUT2D eigenvalue weighted by Gasteiger charge is 2.30. The van der Waals surface area contributed by atoms with E-state index >= 15 is 0 Å². The van der Waals surface area contributed by atoms with Gasteiger partial charge < -0.3 is 4.98 Å². The molecule has 2 aromatic heterocycles. The fourth-order valence-electron chi connectivity index (χ4n) is 4.89. The summed E-state index contributed by atoms with van der Waals surface area (Å²) in [5.74, 6) is 0.644. The number of aromatic nitrogens is 5. The van der Waals surface area contributed by atoms with Gasteiger partial charge in [0.2, 0.25) is 0 Å². The Labute approximate surface area is 210 Å². The molecule has 0 fully saturated rings. The molecule has 1 atom stereocenters. The number of nitrogens with zero attached hydrogens (tertiary/aromatic N) is 5. The predicted octanol–water partition coefficient (Wildman–Crippen LogP) is 4.79. The summed E-state index contributed by atoms with van der Waals surface area (Å²) in [6, 6.07) is 26.2. The van der Waals surface area contributed by atoms with Crippen molar-refractivity contribution in [3.05, 3.63) is 123 Å². The van der Waals surface area contributed by atoms with Gasteiger partial charge in [0.25, 0.3) is 5.56 Å². The highest BCUT2D eigenvalue weighted by Crippen LogP contribution is 2.29. The minimum atomic E-state index is -0.428. The van der Waals surface area contributed by atoms with Crippen LogP contribution in [0.5, 0.6) is 0 Å². The van der Waals surface area contributed by atoms with Crippen LogP contribution >= 0.6 is 0 Å². The number of benzene rings is 3. The van der Waals surface area contributed by atoms with E-state index < -0.39 is 6.04 Å². The number of aryl methyl sites for hydroxylation is 2. The van der Waals surface area contributed by atoms with Crippen molar-refractivity contribution < 1.29 is 0 Å². The molecule has 182 valence electrons. The van der Waals surface area contributed by atoms with Crippen LogP contribution in [0.2, 0.25) is 0 Å². The maximum absolute atomic E-state index is 13.6. The largest absolute Gasteiger partial charge is 0.321 e. The van der Waals surface area contributed by atoms with Crippen LogP contribution in [0.15, 0.2) is 83.7 Å². The monoisotopic (exact) mass is 478 g/mol. The number of fused-ring (bicyclic) bond motifs is 1. The van der Waals surface area contributed by atoms with Crippen LogP contribution in [0.25, 0.3) is 10.9 Å². The minimum Gasteiger partial charge on any atom is -0.321 e. The summed E-state index contributed by atoms with van der Waals surface area (Å²) < 4.78 is 1.80. The van der Waals surface area contributed by atoms with E-state index in [1.807, 2.05) is 49.4 Å². The van der Waals surface area contributed by atoms with Gasteiger partial charge in [0.1, 0.15) is 6.04 Å². The van der Waals surface area contributed by atoms with Crippen molar-refractivity contribution in [1.82, 2.24) is 30.1 Å². The summed E-state index contributed by atoms with van der Waals surface area (Å²) in [6.45, 7) is 8.09. The standard InChI is InChI=1S/C29H30N6O/c1-4-34(18-22-11-7-5-8-12-22)27(28-31-32-33-35(28)19-23-13-9-6-10-14-23)25-17-24-16-20(2)15-21(3)26(24)30-29(25)36/h5-17,27H,4,18-19H2,1-3H3,(H,30,36)/t27-/m0/s1. The van der Waals surface area contributed by atoms with Gasteiger partial charge in [0, 0.05) is 12.1 Å². The SMILES string of the molecule is CCN(Cc1ccccc1)[C@@H](c1cc2cc(C)cc(C)c2[nH]c1=O)c1nnnn1Cc1ccccc1. The molecular formula is C29H30N6O. The molecule has 5 aromatic rings. The van der Waals surface area contributed by atoms with Crippen molar-refractivity contribution in [1.29, 1.82) is 0 Å². The molecule has 0 aliphatic rings. The van der Waals surface area contributed by atoms with E-state index in [1.165, 1.54) is 0 Å². The molecule has 0 saturated heterocycles. The quantitative estimate of drug-likeness (QED) is 0.347. The van der Waals surface area contributed by atoms with Crippen LogP contribution in [-0.2, 0) is 13.1 Å². The number of H-pyrrole nitrogens is 1. The molecule has 0 unspecified atom stereocenters. The van der Waals surface area contributed by atoms with Gasteiger partial charge in [-0.1, -0.05) is 79.2 Å². The Bertz CT molecular complexity index is 1520. The number of pyridine rings is 1. The number of hydrogen-bond acceptors (Lipinski definition) is 5. The molecule has 2 heterocycles. The zero-order valence-electron chi connectivity index (χ0n) is 20.8. The highest BCUT2D eigenvalue weighted by molar-refractivity contribution is 5.83.